The van der Waals surface area contributed by atoms with Crippen LogP contribution in [0.1, 0.15) is 17.0 Å². The zero-order chi connectivity index (χ0) is 13.8. The Labute approximate surface area is 110 Å². The second kappa shape index (κ2) is 5.45. The molecule has 98 valence electrons. The van der Waals surface area contributed by atoms with Gasteiger partial charge in [0.05, 0.1) is 6.61 Å². The van der Waals surface area contributed by atoms with Crippen molar-refractivity contribution in [2.24, 2.45) is 5.73 Å². The first kappa shape index (κ1) is 13.0. The molecule has 0 atom stereocenters. The highest BCUT2D eigenvalue weighted by atomic mass is 16.5. The summed E-state index contributed by atoms with van der Waals surface area (Å²) in [5.74, 6) is 0.330. The van der Waals surface area contributed by atoms with Gasteiger partial charge in [0, 0.05) is 11.3 Å². The predicted octanol–water partition coefficient (Wildman–Crippen LogP) is 1.35. The average Bonchev–Trinajstić information content (AvgIpc) is 2.38. The Bertz CT molecular complexity index is 613. The Kier molecular flexibility index (Phi) is 3.72. The van der Waals surface area contributed by atoms with E-state index in [0.717, 1.165) is 0 Å². The van der Waals surface area contributed by atoms with Gasteiger partial charge in [-0.3, -0.25) is 5.41 Å². The maximum absolute atomic E-state index is 9.22. The summed E-state index contributed by atoms with van der Waals surface area (Å²) in [5.41, 5.74) is 6.99. The maximum atomic E-state index is 9.22. The van der Waals surface area contributed by atoms with Crippen molar-refractivity contribution in [3.8, 4) is 11.8 Å². The second-order valence-electron chi connectivity index (χ2n) is 3.96. The van der Waals surface area contributed by atoms with Gasteiger partial charge in [0.2, 0.25) is 0 Å². The highest BCUT2D eigenvalue weighted by Crippen LogP contribution is 2.23. The van der Waals surface area contributed by atoms with E-state index in [1.165, 1.54) is 0 Å². The number of aromatic nitrogens is 2. The zero-order valence-electron chi connectivity index (χ0n) is 10.4. The number of para-hydroxylation sites is 1. The molecule has 0 amide bonds. The third-order valence-electron chi connectivity index (χ3n) is 2.45. The van der Waals surface area contributed by atoms with Gasteiger partial charge >= 0.3 is 6.01 Å². The SMILES string of the molecule is Cc1cc(C(=N)N)nc(Oc2ccccc2CO)n1. The van der Waals surface area contributed by atoms with Crippen LogP contribution in [-0.4, -0.2) is 20.9 Å². The highest BCUT2D eigenvalue weighted by Gasteiger charge is 2.09. The molecule has 0 spiro atoms. The molecule has 2 rings (SSSR count). The summed E-state index contributed by atoms with van der Waals surface area (Å²) in [6.45, 7) is 1.63. The van der Waals surface area contributed by atoms with E-state index >= 15 is 0 Å². The Balaban J connectivity index is 2.35. The smallest absolute Gasteiger partial charge is 0.322 e. The lowest BCUT2D eigenvalue weighted by molar-refractivity contribution is 0.275. The molecule has 6 heteroatoms. The average molecular weight is 258 g/mol. The molecule has 6 nitrogen and oxygen atoms in total. The van der Waals surface area contributed by atoms with Gasteiger partial charge < -0.3 is 15.6 Å². The van der Waals surface area contributed by atoms with Crippen molar-refractivity contribution in [1.29, 1.82) is 5.41 Å². The minimum absolute atomic E-state index is 0.103. The van der Waals surface area contributed by atoms with Crippen molar-refractivity contribution < 1.29 is 9.84 Å². The fourth-order valence-electron chi connectivity index (χ4n) is 1.56. The van der Waals surface area contributed by atoms with E-state index in [-0.39, 0.29) is 18.5 Å². The van der Waals surface area contributed by atoms with Crippen molar-refractivity contribution in [2.45, 2.75) is 13.5 Å². The van der Waals surface area contributed by atoms with Gasteiger partial charge in [0.25, 0.3) is 0 Å². The second-order valence-corrected chi connectivity index (χ2v) is 3.96. The van der Waals surface area contributed by atoms with E-state index < -0.39 is 0 Å². The van der Waals surface area contributed by atoms with Crippen molar-refractivity contribution in [3.05, 3.63) is 47.3 Å². The van der Waals surface area contributed by atoms with Crippen LogP contribution in [-0.2, 0) is 6.61 Å². The first-order valence-electron chi connectivity index (χ1n) is 5.67. The molecule has 1 heterocycles. The van der Waals surface area contributed by atoms with E-state index in [4.69, 9.17) is 15.9 Å². The van der Waals surface area contributed by atoms with Crippen LogP contribution in [0.15, 0.2) is 30.3 Å². The first-order chi connectivity index (χ1) is 9.10. The molecule has 1 aromatic heterocycles. The van der Waals surface area contributed by atoms with Crippen LogP contribution < -0.4 is 10.5 Å². The lowest BCUT2D eigenvalue weighted by Gasteiger charge is -2.09. The number of aliphatic hydroxyl groups excluding tert-OH is 1. The minimum atomic E-state index is -0.147. The fraction of sp³-hybridized carbons (Fsp3) is 0.154. The van der Waals surface area contributed by atoms with Crippen molar-refractivity contribution in [3.63, 3.8) is 0 Å². The normalized spacial score (nSPS) is 10.2. The van der Waals surface area contributed by atoms with E-state index in [0.29, 0.717) is 22.7 Å². The van der Waals surface area contributed by atoms with Gasteiger partial charge in [-0.1, -0.05) is 18.2 Å². The van der Waals surface area contributed by atoms with E-state index in [1.807, 2.05) is 0 Å². The first-order valence-corrected chi connectivity index (χ1v) is 5.67. The third-order valence-corrected chi connectivity index (χ3v) is 2.45. The quantitative estimate of drug-likeness (QED) is 0.567. The van der Waals surface area contributed by atoms with Gasteiger partial charge in [-0.25, -0.2) is 4.98 Å². The molecule has 0 radical (unpaired) electrons. The van der Waals surface area contributed by atoms with Crippen molar-refractivity contribution in [2.75, 3.05) is 0 Å². The summed E-state index contributed by atoms with van der Waals surface area (Å²) in [6, 6.07) is 8.76. The third kappa shape index (κ3) is 3.05. The Morgan fingerprint density at radius 1 is 1.37 bits per heavy atom. The summed E-state index contributed by atoms with van der Waals surface area (Å²) in [6.07, 6.45) is 0. The molecule has 0 bridgehead atoms. The lowest BCUT2D eigenvalue weighted by Crippen LogP contribution is -2.14. The number of nitrogens with zero attached hydrogens (tertiary/aromatic N) is 2. The number of hydrogen-bond acceptors (Lipinski definition) is 5. The number of nitrogens with one attached hydrogen (secondary N) is 1. The minimum Gasteiger partial charge on any atom is -0.424 e. The summed E-state index contributed by atoms with van der Waals surface area (Å²) >= 11 is 0. The standard InChI is InChI=1S/C13H14N4O2/c1-8-6-10(12(14)15)17-13(16-8)19-11-5-3-2-4-9(11)7-18/h2-6,18H,7H2,1H3,(H3,14,15). The van der Waals surface area contributed by atoms with Crippen LogP contribution in [0.3, 0.4) is 0 Å². The molecule has 19 heavy (non-hydrogen) atoms. The van der Waals surface area contributed by atoms with Gasteiger partial charge in [0.15, 0.2) is 0 Å². The van der Waals surface area contributed by atoms with Gasteiger partial charge in [-0.2, -0.15) is 4.98 Å². The van der Waals surface area contributed by atoms with Crippen molar-refractivity contribution >= 4 is 5.84 Å². The lowest BCUT2D eigenvalue weighted by atomic mass is 10.2. The number of nitrogen functional groups attached to an aromatic ring is 1. The molecule has 2 aromatic rings. The fourth-order valence-corrected chi connectivity index (χ4v) is 1.56. The molecule has 0 unspecified atom stereocenters. The van der Waals surface area contributed by atoms with E-state index in [2.05, 4.69) is 9.97 Å². The summed E-state index contributed by atoms with van der Waals surface area (Å²) in [4.78, 5) is 8.16. The number of ether oxygens (including phenoxy) is 1. The van der Waals surface area contributed by atoms with E-state index in [1.54, 1.807) is 37.3 Å². The van der Waals surface area contributed by atoms with Crippen LogP contribution >= 0.6 is 0 Å². The molecule has 0 saturated heterocycles. The van der Waals surface area contributed by atoms with Crippen LogP contribution in [0.2, 0.25) is 0 Å². The summed E-state index contributed by atoms with van der Waals surface area (Å²) < 4.78 is 5.54. The molecule has 0 aliphatic carbocycles. The number of amidine groups is 1. The Morgan fingerprint density at radius 3 is 2.79 bits per heavy atom. The molecule has 4 N–H and O–H groups in total. The zero-order valence-corrected chi connectivity index (χ0v) is 10.4. The summed E-state index contributed by atoms with van der Waals surface area (Å²) in [7, 11) is 0. The van der Waals surface area contributed by atoms with Crippen LogP contribution in [0.25, 0.3) is 0 Å². The number of aryl methyl sites for hydroxylation is 1. The predicted molar refractivity (Wildman–Crippen MR) is 70.2 cm³/mol. The van der Waals surface area contributed by atoms with Gasteiger partial charge in [-0.15, -0.1) is 0 Å². The Morgan fingerprint density at radius 2 is 2.11 bits per heavy atom. The molecule has 0 fully saturated rings. The monoisotopic (exact) mass is 258 g/mol. The topological polar surface area (TPSA) is 105 Å². The number of benzene rings is 1. The van der Waals surface area contributed by atoms with Crippen molar-refractivity contribution in [1.82, 2.24) is 9.97 Å². The Hall–Kier alpha value is -2.47. The molecular formula is C13H14N4O2. The van der Waals surface area contributed by atoms with Crippen LogP contribution in [0, 0.1) is 12.3 Å². The number of rotatable bonds is 4. The molecular weight excluding hydrogens is 244 g/mol. The number of nitrogens with two attached hydrogens (primary N) is 1. The molecule has 0 aliphatic rings. The van der Waals surface area contributed by atoms with Crippen LogP contribution in [0.5, 0.6) is 11.8 Å². The van der Waals surface area contributed by atoms with Gasteiger partial charge in [-0.05, 0) is 19.1 Å². The van der Waals surface area contributed by atoms with Gasteiger partial charge in [0.1, 0.15) is 17.3 Å². The van der Waals surface area contributed by atoms with Crippen LogP contribution in [0.4, 0.5) is 0 Å². The highest BCUT2D eigenvalue weighted by molar-refractivity contribution is 5.93. The molecule has 0 saturated carbocycles. The molecule has 1 aromatic carbocycles. The largest absolute Gasteiger partial charge is 0.424 e. The van der Waals surface area contributed by atoms with E-state index in [9.17, 15) is 5.11 Å². The number of aliphatic hydroxyl groups is 1. The summed E-state index contributed by atoms with van der Waals surface area (Å²) in [5, 5.41) is 16.6. The number of hydrogen-bond donors (Lipinski definition) is 3. The maximum Gasteiger partial charge on any atom is 0.322 e. The molecule has 0 aliphatic heterocycles.